The van der Waals surface area contributed by atoms with Gasteiger partial charge in [0.25, 0.3) is 5.91 Å². The molecule has 0 saturated carbocycles. The molecule has 1 atom stereocenters. The number of rotatable bonds is 9. The third kappa shape index (κ3) is 6.11. The molecule has 0 N–H and O–H groups in total. The van der Waals surface area contributed by atoms with Gasteiger partial charge in [-0.15, -0.1) is 11.3 Å². The maximum Gasteiger partial charge on any atom is 0.254 e. The summed E-state index contributed by atoms with van der Waals surface area (Å²) in [6, 6.07) is 13.2. The van der Waals surface area contributed by atoms with Crippen molar-refractivity contribution in [1.82, 2.24) is 9.80 Å². The number of hydrogen-bond donors (Lipinski definition) is 0. The van der Waals surface area contributed by atoms with Gasteiger partial charge in [-0.05, 0) is 72.7 Å². The summed E-state index contributed by atoms with van der Waals surface area (Å²) in [4.78, 5) is 31.7. The van der Waals surface area contributed by atoms with Crippen molar-refractivity contribution >= 4 is 23.2 Å². The van der Waals surface area contributed by atoms with Crippen molar-refractivity contribution in [2.45, 2.75) is 39.0 Å². The number of halogens is 1. The summed E-state index contributed by atoms with van der Waals surface area (Å²) in [5, 5.41) is 2.00. The van der Waals surface area contributed by atoms with Gasteiger partial charge in [-0.2, -0.15) is 0 Å². The van der Waals surface area contributed by atoms with Crippen molar-refractivity contribution in [3.05, 3.63) is 81.3 Å². The van der Waals surface area contributed by atoms with Gasteiger partial charge >= 0.3 is 0 Å². The third-order valence-electron chi connectivity index (χ3n) is 6.62. The first kappa shape index (κ1) is 25.2. The molecule has 0 spiro atoms. The number of ether oxygens (including phenoxy) is 3. The minimum absolute atomic E-state index is 0.0985. The number of hydrogen-bond acceptors (Lipinski definition) is 6. The van der Waals surface area contributed by atoms with Gasteiger partial charge < -0.3 is 24.0 Å². The Morgan fingerprint density at radius 3 is 2.57 bits per heavy atom. The lowest BCUT2D eigenvalue weighted by Gasteiger charge is -2.29. The van der Waals surface area contributed by atoms with E-state index in [2.05, 4.69) is 0 Å². The highest BCUT2D eigenvalue weighted by Crippen LogP contribution is 2.33. The van der Waals surface area contributed by atoms with Gasteiger partial charge in [-0.3, -0.25) is 9.59 Å². The Kier molecular flexibility index (Phi) is 7.71. The zero-order valence-electron chi connectivity index (χ0n) is 20.7. The highest BCUT2D eigenvalue weighted by Gasteiger charge is 2.28. The number of amides is 2. The van der Waals surface area contributed by atoms with Crippen LogP contribution in [0.2, 0.25) is 0 Å². The first-order valence-corrected chi connectivity index (χ1v) is 13.2. The van der Waals surface area contributed by atoms with E-state index >= 15 is 0 Å². The fraction of sp³-hybridized carbons (Fsp3) is 0.357. The SMILES string of the molecule is Cc1ccsc1CN(Cc1ccc(F)cc1)C(=O)CN(CC1CCCO1)C(=O)c1ccc2c(c1)OCO2. The van der Waals surface area contributed by atoms with Crippen LogP contribution in [0.3, 0.4) is 0 Å². The van der Waals surface area contributed by atoms with Gasteiger partial charge in [0.1, 0.15) is 12.4 Å². The van der Waals surface area contributed by atoms with Crippen LogP contribution in [0.4, 0.5) is 4.39 Å². The topological polar surface area (TPSA) is 68.3 Å². The minimum Gasteiger partial charge on any atom is -0.454 e. The number of nitrogens with zero attached hydrogens (tertiary/aromatic N) is 2. The molecule has 37 heavy (non-hydrogen) atoms. The average molecular weight is 525 g/mol. The molecular formula is C28H29FN2O5S. The number of carbonyl (C=O) groups is 2. The molecule has 5 rings (SSSR count). The van der Waals surface area contributed by atoms with Crippen LogP contribution < -0.4 is 9.47 Å². The van der Waals surface area contributed by atoms with E-state index in [4.69, 9.17) is 14.2 Å². The molecule has 1 saturated heterocycles. The monoisotopic (exact) mass is 524 g/mol. The average Bonchev–Trinajstić information content (AvgIpc) is 3.66. The fourth-order valence-corrected chi connectivity index (χ4v) is 5.43. The van der Waals surface area contributed by atoms with E-state index in [1.54, 1.807) is 51.5 Å². The van der Waals surface area contributed by atoms with Crippen LogP contribution in [-0.4, -0.2) is 54.2 Å². The summed E-state index contributed by atoms with van der Waals surface area (Å²) < 4.78 is 30.1. The summed E-state index contributed by atoms with van der Waals surface area (Å²) in [6.07, 6.45) is 1.65. The Bertz CT molecular complexity index is 1260. The summed E-state index contributed by atoms with van der Waals surface area (Å²) in [6.45, 7) is 3.72. The van der Waals surface area contributed by atoms with E-state index in [0.29, 0.717) is 43.3 Å². The Hall–Kier alpha value is -3.43. The molecule has 0 radical (unpaired) electrons. The number of aryl methyl sites for hydroxylation is 1. The predicted octanol–water partition coefficient (Wildman–Crippen LogP) is 4.77. The molecule has 0 aliphatic carbocycles. The van der Waals surface area contributed by atoms with Gasteiger partial charge in [0.2, 0.25) is 12.7 Å². The first-order chi connectivity index (χ1) is 18.0. The molecule has 2 aliphatic rings. The molecule has 194 valence electrons. The lowest BCUT2D eigenvalue weighted by Crippen LogP contribution is -2.45. The Morgan fingerprint density at radius 2 is 1.84 bits per heavy atom. The Morgan fingerprint density at radius 1 is 1.03 bits per heavy atom. The van der Waals surface area contributed by atoms with E-state index in [1.807, 2.05) is 18.4 Å². The van der Waals surface area contributed by atoms with Gasteiger partial charge in [-0.25, -0.2) is 4.39 Å². The van der Waals surface area contributed by atoms with Gasteiger partial charge in [0.15, 0.2) is 11.5 Å². The molecule has 9 heteroatoms. The number of benzene rings is 2. The van der Waals surface area contributed by atoms with Crippen molar-refractivity contribution in [1.29, 1.82) is 0 Å². The van der Waals surface area contributed by atoms with Crippen molar-refractivity contribution < 1.29 is 28.2 Å². The second-order valence-electron chi connectivity index (χ2n) is 9.29. The lowest BCUT2D eigenvalue weighted by atomic mass is 10.1. The zero-order valence-corrected chi connectivity index (χ0v) is 21.5. The Balaban J connectivity index is 1.38. The minimum atomic E-state index is -0.326. The number of thiophene rings is 1. The van der Waals surface area contributed by atoms with Crippen LogP contribution in [0.1, 0.15) is 39.2 Å². The van der Waals surface area contributed by atoms with Crippen LogP contribution in [0, 0.1) is 12.7 Å². The summed E-state index contributed by atoms with van der Waals surface area (Å²) >= 11 is 1.59. The first-order valence-electron chi connectivity index (χ1n) is 12.3. The third-order valence-corrected chi connectivity index (χ3v) is 7.63. The molecular weight excluding hydrogens is 495 g/mol. The molecule has 1 unspecified atom stereocenters. The summed E-state index contributed by atoms with van der Waals surface area (Å²) in [5.41, 5.74) is 2.35. The van der Waals surface area contributed by atoms with Crippen molar-refractivity contribution in [2.24, 2.45) is 0 Å². The number of carbonyl (C=O) groups excluding carboxylic acids is 2. The van der Waals surface area contributed by atoms with Crippen LogP contribution in [0.5, 0.6) is 11.5 Å². The molecule has 2 aromatic carbocycles. The van der Waals surface area contributed by atoms with Gasteiger partial charge in [-0.1, -0.05) is 12.1 Å². The maximum absolute atomic E-state index is 13.7. The molecule has 2 aliphatic heterocycles. The number of fused-ring (bicyclic) bond motifs is 1. The van der Waals surface area contributed by atoms with Crippen molar-refractivity contribution in [2.75, 3.05) is 26.5 Å². The van der Waals surface area contributed by atoms with Crippen LogP contribution in [-0.2, 0) is 22.6 Å². The predicted molar refractivity (Wildman–Crippen MR) is 137 cm³/mol. The second-order valence-corrected chi connectivity index (χ2v) is 10.3. The normalized spacial score (nSPS) is 16.1. The Labute approximate surface area is 219 Å². The molecule has 2 amide bonds. The molecule has 3 aromatic rings. The van der Waals surface area contributed by atoms with Gasteiger partial charge in [0.05, 0.1) is 12.6 Å². The van der Waals surface area contributed by atoms with Crippen molar-refractivity contribution in [3.8, 4) is 11.5 Å². The summed E-state index contributed by atoms with van der Waals surface area (Å²) in [5.74, 6) is 0.323. The molecule has 0 bridgehead atoms. The smallest absolute Gasteiger partial charge is 0.254 e. The molecule has 1 aromatic heterocycles. The molecule has 7 nitrogen and oxygen atoms in total. The van der Waals surface area contributed by atoms with Crippen LogP contribution in [0.15, 0.2) is 53.9 Å². The lowest BCUT2D eigenvalue weighted by molar-refractivity contribution is -0.133. The van der Waals surface area contributed by atoms with E-state index in [0.717, 1.165) is 28.8 Å². The van der Waals surface area contributed by atoms with E-state index < -0.39 is 0 Å². The largest absolute Gasteiger partial charge is 0.454 e. The maximum atomic E-state index is 13.7. The van der Waals surface area contributed by atoms with E-state index in [1.165, 1.54) is 12.1 Å². The highest BCUT2D eigenvalue weighted by atomic mass is 32.1. The molecule has 3 heterocycles. The second kappa shape index (κ2) is 11.3. The zero-order chi connectivity index (χ0) is 25.8. The van der Waals surface area contributed by atoms with E-state index in [9.17, 15) is 14.0 Å². The van der Waals surface area contributed by atoms with Crippen molar-refractivity contribution in [3.63, 3.8) is 0 Å². The summed E-state index contributed by atoms with van der Waals surface area (Å²) in [7, 11) is 0. The van der Waals surface area contributed by atoms with Crippen LogP contribution >= 0.6 is 11.3 Å². The van der Waals surface area contributed by atoms with Gasteiger partial charge in [0, 0.05) is 30.1 Å². The fourth-order valence-electron chi connectivity index (χ4n) is 4.51. The van der Waals surface area contributed by atoms with E-state index in [-0.39, 0.29) is 37.1 Å². The molecule has 1 fully saturated rings. The van der Waals surface area contributed by atoms with Crippen LogP contribution in [0.25, 0.3) is 0 Å². The standard InChI is InChI=1S/C28H29FN2O5S/c1-19-10-12-37-26(19)16-30(14-20-4-7-22(29)8-5-20)27(32)17-31(15-23-3-2-11-34-23)28(33)21-6-9-24-25(13-21)36-18-35-24/h4-10,12-13,23H,2-3,11,14-18H2,1H3. The highest BCUT2D eigenvalue weighted by molar-refractivity contribution is 7.10. The quantitative estimate of drug-likeness (QED) is 0.403.